The van der Waals surface area contributed by atoms with Gasteiger partial charge < -0.3 is 5.32 Å². The van der Waals surface area contributed by atoms with Gasteiger partial charge in [-0.3, -0.25) is 0 Å². The zero-order chi connectivity index (χ0) is 13.9. The van der Waals surface area contributed by atoms with Gasteiger partial charge in [0.2, 0.25) is 0 Å². The summed E-state index contributed by atoms with van der Waals surface area (Å²) in [6, 6.07) is 9.19. The molecule has 1 aromatic heterocycles. The summed E-state index contributed by atoms with van der Waals surface area (Å²) in [4.78, 5) is 0.375. The van der Waals surface area contributed by atoms with Gasteiger partial charge in [0.25, 0.3) is 0 Å². The summed E-state index contributed by atoms with van der Waals surface area (Å²) in [6.07, 6.45) is 0. The van der Waals surface area contributed by atoms with Crippen molar-refractivity contribution in [3.63, 3.8) is 0 Å². The number of rotatable bonds is 5. The van der Waals surface area contributed by atoms with Crippen molar-refractivity contribution in [3.8, 4) is 0 Å². The summed E-state index contributed by atoms with van der Waals surface area (Å²) in [7, 11) is -3.20. The zero-order valence-electron chi connectivity index (χ0n) is 11.0. The van der Waals surface area contributed by atoms with Gasteiger partial charge in [-0.05, 0) is 41.4 Å². The van der Waals surface area contributed by atoms with E-state index in [0.717, 1.165) is 5.56 Å². The standard InChI is InChI=1S/C14H17NO2S2/c1-3-19(16,17)14-7-5-4-6-13(14)15-11(2)12-8-9-18-10-12/h4-11,15H,3H2,1-2H3. The zero-order valence-corrected chi connectivity index (χ0v) is 12.6. The van der Waals surface area contributed by atoms with Crippen LogP contribution in [0.3, 0.4) is 0 Å². The number of hydrogen-bond acceptors (Lipinski definition) is 4. The second kappa shape index (κ2) is 5.75. The Morgan fingerprint density at radius 1 is 1.26 bits per heavy atom. The molecule has 1 heterocycles. The van der Waals surface area contributed by atoms with Gasteiger partial charge in [-0.15, -0.1) is 0 Å². The minimum absolute atomic E-state index is 0.0828. The highest BCUT2D eigenvalue weighted by Crippen LogP contribution is 2.27. The third-order valence-electron chi connectivity index (χ3n) is 3.02. The third kappa shape index (κ3) is 3.16. The fraction of sp³-hybridized carbons (Fsp3) is 0.286. The Morgan fingerprint density at radius 2 is 2.00 bits per heavy atom. The molecule has 0 saturated carbocycles. The van der Waals surface area contributed by atoms with Crippen molar-refractivity contribution in [2.24, 2.45) is 0 Å². The van der Waals surface area contributed by atoms with E-state index in [1.807, 2.05) is 30.5 Å². The van der Waals surface area contributed by atoms with E-state index in [9.17, 15) is 8.42 Å². The first-order chi connectivity index (χ1) is 9.04. The molecule has 1 atom stereocenters. The Hall–Kier alpha value is -1.33. The van der Waals surface area contributed by atoms with Gasteiger partial charge in [0, 0.05) is 6.04 Å². The maximum absolute atomic E-state index is 12.1. The van der Waals surface area contributed by atoms with E-state index < -0.39 is 9.84 Å². The lowest BCUT2D eigenvalue weighted by molar-refractivity contribution is 0.597. The molecule has 5 heteroatoms. The van der Waals surface area contributed by atoms with Crippen molar-refractivity contribution >= 4 is 26.9 Å². The number of sulfone groups is 1. The minimum Gasteiger partial charge on any atom is -0.377 e. The Balaban J connectivity index is 2.31. The number of benzene rings is 1. The summed E-state index contributed by atoms with van der Waals surface area (Å²) < 4.78 is 24.1. The highest BCUT2D eigenvalue weighted by molar-refractivity contribution is 7.91. The van der Waals surface area contributed by atoms with Gasteiger partial charge in [-0.2, -0.15) is 11.3 Å². The van der Waals surface area contributed by atoms with Gasteiger partial charge in [0.15, 0.2) is 9.84 Å². The summed E-state index contributed by atoms with van der Waals surface area (Å²) >= 11 is 1.63. The lowest BCUT2D eigenvalue weighted by Gasteiger charge is -2.17. The molecule has 19 heavy (non-hydrogen) atoms. The average Bonchev–Trinajstić information content (AvgIpc) is 2.93. The first-order valence-corrected chi connectivity index (χ1v) is 8.74. The van der Waals surface area contributed by atoms with Crippen molar-refractivity contribution in [1.29, 1.82) is 0 Å². The topological polar surface area (TPSA) is 46.2 Å². The molecule has 0 bridgehead atoms. The predicted octanol–water partition coefficient (Wildman–Crippen LogP) is 3.71. The van der Waals surface area contributed by atoms with Crippen molar-refractivity contribution < 1.29 is 8.42 Å². The number of thiophene rings is 1. The average molecular weight is 295 g/mol. The molecule has 0 fully saturated rings. The van der Waals surface area contributed by atoms with Crippen LogP contribution in [0.1, 0.15) is 25.5 Å². The van der Waals surface area contributed by atoms with E-state index in [2.05, 4.69) is 10.7 Å². The third-order valence-corrected chi connectivity index (χ3v) is 5.51. The SMILES string of the molecule is CCS(=O)(=O)c1ccccc1NC(C)c1ccsc1. The van der Waals surface area contributed by atoms with Crippen molar-refractivity contribution in [2.45, 2.75) is 24.8 Å². The number of anilines is 1. The number of hydrogen-bond donors (Lipinski definition) is 1. The van der Waals surface area contributed by atoms with Gasteiger partial charge in [0.05, 0.1) is 16.3 Å². The maximum atomic E-state index is 12.1. The second-order valence-corrected chi connectivity index (χ2v) is 7.35. The Kier molecular flexibility index (Phi) is 4.27. The lowest BCUT2D eigenvalue weighted by atomic mass is 10.1. The van der Waals surface area contributed by atoms with Crippen LogP contribution in [0.4, 0.5) is 5.69 Å². The summed E-state index contributed by atoms with van der Waals surface area (Å²) in [5.41, 5.74) is 1.83. The predicted molar refractivity (Wildman–Crippen MR) is 80.5 cm³/mol. The van der Waals surface area contributed by atoms with Crippen LogP contribution in [0.25, 0.3) is 0 Å². The van der Waals surface area contributed by atoms with Gasteiger partial charge in [-0.1, -0.05) is 19.1 Å². The normalized spacial score (nSPS) is 13.2. The molecule has 2 aromatic rings. The quantitative estimate of drug-likeness (QED) is 0.914. The monoisotopic (exact) mass is 295 g/mol. The summed E-state index contributed by atoms with van der Waals surface area (Å²) in [6.45, 7) is 3.69. The second-order valence-electron chi connectivity index (χ2n) is 4.32. The molecule has 102 valence electrons. The van der Waals surface area contributed by atoms with Crippen LogP contribution in [0, 0.1) is 0 Å². The van der Waals surface area contributed by atoms with E-state index in [4.69, 9.17) is 0 Å². The first kappa shape index (κ1) is 14.1. The van der Waals surface area contributed by atoms with Gasteiger partial charge >= 0.3 is 0 Å². The summed E-state index contributed by atoms with van der Waals surface area (Å²) in [5.74, 6) is 0.110. The molecule has 0 aliphatic carbocycles. The molecular formula is C14H17NO2S2. The van der Waals surface area contributed by atoms with Crippen molar-refractivity contribution in [3.05, 3.63) is 46.7 Å². The fourth-order valence-electron chi connectivity index (χ4n) is 1.85. The minimum atomic E-state index is -3.20. The van der Waals surface area contributed by atoms with Crippen molar-refractivity contribution in [1.82, 2.24) is 0 Å². The highest BCUT2D eigenvalue weighted by atomic mass is 32.2. The number of nitrogens with one attached hydrogen (secondary N) is 1. The van der Waals surface area contributed by atoms with Crippen LogP contribution in [0.2, 0.25) is 0 Å². The molecule has 3 nitrogen and oxygen atoms in total. The van der Waals surface area contributed by atoms with Crippen LogP contribution in [-0.4, -0.2) is 14.2 Å². The molecule has 0 aliphatic rings. The maximum Gasteiger partial charge on any atom is 0.180 e. The molecule has 0 aliphatic heterocycles. The van der Waals surface area contributed by atoms with Crippen molar-refractivity contribution in [2.75, 3.05) is 11.1 Å². The van der Waals surface area contributed by atoms with Crippen LogP contribution in [0.15, 0.2) is 46.0 Å². The molecular weight excluding hydrogens is 278 g/mol. The smallest absolute Gasteiger partial charge is 0.180 e. The fourth-order valence-corrected chi connectivity index (χ4v) is 3.66. The van der Waals surface area contributed by atoms with Crippen LogP contribution < -0.4 is 5.32 Å². The van der Waals surface area contributed by atoms with E-state index in [0.29, 0.717) is 10.6 Å². The van der Waals surface area contributed by atoms with Gasteiger partial charge in [-0.25, -0.2) is 8.42 Å². The number of para-hydroxylation sites is 1. The van der Waals surface area contributed by atoms with E-state index in [-0.39, 0.29) is 11.8 Å². The Bertz CT molecular complexity index is 633. The van der Waals surface area contributed by atoms with Gasteiger partial charge in [0.1, 0.15) is 0 Å². The molecule has 1 unspecified atom stereocenters. The molecule has 0 radical (unpaired) electrons. The van der Waals surface area contributed by atoms with Crippen LogP contribution in [0.5, 0.6) is 0 Å². The molecule has 2 rings (SSSR count). The Labute approximate surface area is 118 Å². The molecule has 1 aromatic carbocycles. The van der Waals surface area contributed by atoms with Crippen LogP contribution >= 0.6 is 11.3 Å². The van der Waals surface area contributed by atoms with E-state index >= 15 is 0 Å². The molecule has 0 spiro atoms. The van der Waals surface area contributed by atoms with Crippen LogP contribution in [-0.2, 0) is 9.84 Å². The van der Waals surface area contributed by atoms with E-state index in [1.165, 1.54) is 0 Å². The summed E-state index contributed by atoms with van der Waals surface area (Å²) in [5, 5.41) is 7.36. The molecule has 0 saturated heterocycles. The highest BCUT2D eigenvalue weighted by Gasteiger charge is 2.17. The Morgan fingerprint density at radius 3 is 2.63 bits per heavy atom. The lowest BCUT2D eigenvalue weighted by Crippen LogP contribution is -2.11. The molecule has 1 N–H and O–H groups in total. The largest absolute Gasteiger partial charge is 0.377 e. The first-order valence-electron chi connectivity index (χ1n) is 6.15. The van der Waals surface area contributed by atoms with E-state index in [1.54, 1.807) is 30.4 Å². The molecule has 0 amide bonds.